The zero-order valence-electron chi connectivity index (χ0n) is 9.98. The molecule has 1 heterocycles. The number of hydrogen-bond donors (Lipinski definition) is 1. The van der Waals surface area contributed by atoms with Gasteiger partial charge < -0.3 is 15.2 Å². The lowest BCUT2D eigenvalue weighted by molar-refractivity contribution is -0.287. The molecule has 0 radical (unpaired) electrons. The van der Waals surface area contributed by atoms with Gasteiger partial charge in [-0.3, -0.25) is 0 Å². The second kappa shape index (κ2) is 3.37. The molecule has 1 aromatic carbocycles. The van der Waals surface area contributed by atoms with Crippen LogP contribution in [0.3, 0.4) is 0 Å². The van der Waals surface area contributed by atoms with E-state index in [0.717, 1.165) is 24.0 Å². The summed E-state index contributed by atoms with van der Waals surface area (Å²) in [7, 11) is 0. The van der Waals surface area contributed by atoms with Crippen molar-refractivity contribution in [3.8, 4) is 11.5 Å². The summed E-state index contributed by atoms with van der Waals surface area (Å²) in [5, 5.41) is 0. The molecule has 1 aromatic rings. The lowest BCUT2D eigenvalue weighted by Crippen LogP contribution is -2.26. The van der Waals surface area contributed by atoms with Crippen LogP contribution in [0.25, 0.3) is 5.57 Å². The number of ether oxygens (including phenoxy) is 2. The Morgan fingerprint density at radius 1 is 1.22 bits per heavy atom. The van der Waals surface area contributed by atoms with Crippen LogP contribution in [-0.4, -0.2) is 6.29 Å². The Morgan fingerprint density at radius 3 is 2.50 bits per heavy atom. The second-order valence-electron chi connectivity index (χ2n) is 4.71. The third kappa shape index (κ3) is 1.39. The zero-order valence-corrected chi connectivity index (χ0v) is 9.98. The first-order valence-corrected chi connectivity index (χ1v) is 5.79. The number of nitrogens with two attached hydrogens (primary N) is 1. The van der Waals surface area contributed by atoms with Crippen molar-refractivity contribution >= 4 is 11.3 Å². The van der Waals surface area contributed by atoms with Crippen LogP contribution in [0.15, 0.2) is 6.58 Å². The number of anilines is 1. The molecule has 0 aromatic heterocycles. The average Bonchev–Trinajstić information content (AvgIpc) is 2.80. The topological polar surface area (TPSA) is 44.5 Å². The predicted molar refractivity (Wildman–Crippen MR) is 63.8 cm³/mol. The van der Waals surface area contributed by atoms with Crippen LogP contribution < -0.4 is 15.2 Å². The quantitative estimate of drug-likeness (QED) is 0.782. The van der Waals surface area contributed by atoms with E-state index in [1.54, 1.807) is 6.92 Å². The number of allylic oxidation sites excluding steroid dienone is 1. The summed E-state index contributed by atoms with van der Waals surface area (Å²) in [5.74, 6) is 0.172. The summed E-state index contributed by atoms with van der Waals surface area (Å²) in [4.78, 5) is 0. The Hall–Kier alpha value is -1.78. The molecule has 5 heteroatoms. The fraction of sp³-hybridized carbons (Fsp3) is 0.385. The SMILES string of the molecule is C=C(C)c1c(N)c2c(c3c1OC(F)(F)O3)CCC2. The first-order chi connectivity index (χ1) is 8.41. The number of halogens is 2. The van der Waals surface area contributed by atoms with Crippen molar-refractivity contribution in [1.82, 2.24) is 0 Å². The molecule has 3 rings (SSSR count). The first-order valence-electron chi connectivity index (χ1n) is 5.79. The van der Waals surface area contributed by atoms with Crippen LogP contribution in [0.1, 0.15) is 30.0 Å². The van der Waals surface area contributed by atoms with E-state index in [9.17, 15) is 8.78 Å². The molecule has 0 saturated carbocycles. The Labute approximate surface area is 103 Å². The monoisotopic (exact) mass is 253 g/mol. The lowest BCUT2D eigenvalue weighted by Gasteiger charge is -2.14. The molecule has 3 nitrogen and oxygen atoms in total. The van der Waals surface area contributed by atoms with Crippen molar-refractivity contribution in [2.45, 2.75) is 32.5 Å². The molecule has 1 aliphatic carbocycles. The van der Waals surface area contributed by atoms with E-state index in [1.807, 2.05) is 0 Å². The van der Waals surface area contributed by atoms with Crippen molar-refractivity contribution in [2.24, 2.45) is 0 Å². The highest BCUT2D eigenvalue weighted by atomic mass is 19.3. The third-order valence-electron chi connectivity index (χ3n) is 3.39. The molecule has 0 fully saturated rings. The number of alkyl halides is 2. The fourth-order valence-corrected chi connectivity index (χ4v) is 2.70. The van der Waals surface area contributed by atoms with Gasteiger partial charge in [0, 0.05) is 16.8 Å². The van der Waals surface area contributed by atoms with Gasteiger partial charge in [-0.05, 0) is 37.3 Å². The molecule has 18 heavy (non-hydrogen) atoms. The minimum absolute atomic E-state index is 0.0330. The number of fused-ring (bicyclic) bond motifs is 3. The van der Waals surface area contributed by atoms with Crippen molar-refractivity contribution in [3.05, 3.63) is 23.3 Å². The Bertz CT molecular complexity index is 567. The maximum atomic E-state index is 13.3. The molecule has 0 atom stereocenters. The van der Waals surface area contributed by atoms with Gasteiger partial charge in [0.25, 0.3) is 0 Å². The van der Waals surface area contributed by atoms with Gasteiger partial charge in [-0.1, -0.05) is 6.58 Å². The maximum absolute atomic E-state index is 13.3. The third-order valence-corrected chi connectivity index (χ3v) is 3.39. The van der Waals surface area contributed by atoms with Crippen LogP contribution in [0.5, 0.6) is 11.5 Å². The molecule has 0 amide bonds. The van der Waals surface area contributed by atoms with Gasteiger partial charge in [-0.15, -0.1) is 8.78 Å². The summed E-state index contributed by atoms with van der Waals surface area (Å²) in [6.45, 7) is 5.49. The Kier molecular flexibility index (Phi) is 2.12. The number of hydrogen-bond acceptors (Lipinski definition) is 3. The van der Waals surface area contributed by atoms with E-state index in [-0.39, 0.29) is 11.5 Å². The first kappa shape index (κ1) is 11.3. The van der Waals surface area contributed by atoms with Crippen molar-refractivity contribution in [3.63, 3.8) is 0 Å². The summed E-state index contributed by atoms with van der Waals surface area (Å²) < 4.78 is 35.8. The van der Waals surface area contributed by atoms with Gasteiger partial charge in [0.1, 0.15) is 0 Å². The molecule has 1 aliphatic heterocycles. The second-order valence-corrected chi connectivity index (χ2v) is 4.71. The van der Waals surface area contributed by atoms with Crippen LogP contribution in [-0.2, 0) is 12.8 Å². The van der Waals surface area contributed by atoms with Crippen molar-refractivity contribution < 1.29 is 18.3 Å². The van der Waals surface area contributed by atoms with Gasteiger partial charge in [-0.25, -0.2) is 0 Å². The van der Waals surface area contributed by atoms with Crippen LogP contribution >= 0.6 is 0 Å². The van der Waals surface area contributed by atoms with E-state index in [2.05, 4.69) is 16.1 Å². The average molecular weight is 253 g/mol. The van der Waals surface area contributed by atoms with Gasteiger partial charge in [-0.2, -0.15) is 0 Å². The van der Waals surface area contributed by atoms with Crippen molar-refractivity contribution in [2.75, 3.05) is 5.73 Å². The van der Waals surface area contributed by atoms with E-state index >= 15 is 0 Å². The van der Waals surface area contributed by atoms with Gasteiger partial charge in [0.2, 0.25) is 0 Å². The number of nitrogen functional groups attached to an aromatic ring is 1. The summed E-state index contributed by atoms with van der Waals surface area (Å²) >= 11 is 0. The number of rotatable bonds is 1. The minimum Gasteiger partial charge on any atom is -0.398 e. The Morgan fingerprint density at radius 2 is 1.83 bits per heavy atom. The molecule has 0 bridgehead atoms. The van der Waals surface area contributed by atoms with E-state index in [0.29, 0.717) is 23.2 Å². The molecule has 2 aliphatic rings. The molecule has 96 valence electrons. The fourth-order valence-electron chi connectivity index (χ4n) is 2.70. The highest BCUT2D eigenvalue weighted by Crippen LogP contribution is 2.53. The van der Waals surface area contributed by atoms with E-state index < -0.39 is 6.29 Å². The maximum Gasteiger partial charge on any atom is 0.586 e. The van der Waals surface area contributed by atoms with Gasteiger partial charge >= 0.3 is 6.29 Å². The predicted octanol–water partition coefficient (Wildman–Crippen LogP) is 3.11. The Balaban J connectivity index is 2.31. The summed E-state index contributed by atoms with van der Waals surface area (Å²) in [6, 6.07) is 0. The van der Waals surface area contributed by atoms with Crippen LogP contribution in [0.4, 0.5) is 14.5 Å². The van der Waals surface area contributed by atoms with Crippen LogP contribution in [0.2, 0.25) is 0 Å². The van der Waals surface area contributed by atoms with Gasteiger partial charge in [0.05, 0.1) is 0 Å². The van der Waals surface area contributed by atoms with Crippen molar-refractivity contribution in [1.29, 1.82) is 0 Å². The lowest BCUT2D eigenvalue weighted by atomic mass is 9.97. The normalized spacial score (nSPS) is 18.8. The zero-order chi connectivity index (χ0) is 13.1. The van der Waals surface area contributed by atoms with E-state index in [4.69, 9.17) is 5.73 Å². The molecule has 0 saturated heterocycles. The standard InChI is InChI=1S/C13H13F2NO2/c1-6(2)9-10(16)7-4-3-5-8(7)11-12(9)18-13(14,15)17-11/h1,3-5,16H2,2H3. The molecule has 0 unspecified atom stereocenters. The summed E-state index contributed by atoms with van der Waals surface area (Å²) in [6.07, 6.45) is -1.25. The van der Waals surface area contributed by atoms with Gasteiger partial charge in [0.15, 0.2) is 11.5 Å². The molecular formula is C13H13F2NO2. The largest absolute Gasteiger partial charge is 0.586 e. The molecular weight excluding hydrogens is 240 g/mol. The summed E-state index contributed by atoms with van der Waals surface area (Å²) in [5.41, 5.74) is 9.25. The highest BCUT2D eigenvalue weighted by Gasteiger charge is 2.47. The smallest absolute Gasteiger partial charge is 0.398 e. The minimum atomic E-state index is -3.61. The number of benzene rings is 1. The molecule has 0 spiro atoms. The van der Waals surface area contributed by atoms with E-state index in [1.165, 1.54) is 0 Å². The van der Waals surface area contributed by atoms with Crippen LogP contribution in [0, 0.1) is 0 Å². The molecule has 2 N–H and O–H groups in total. The highest BCUT2D eigenvalue weighted by molar-refractivity contribution is 5.84.